The molecule has 0 heterocycles. The Morgan fingerprint density at radius 3 is 2.33 bits per heavy atom. The van der Waals surface area contributed by atoms with Crippen LogP contribution >= 0.6 is 0 Å². The van der Waals surface area contributed by atoms with Gasteiger partial charge >= 0.3 is 0 Å². The second-order valence-corrected chi connectivity index (χ2v) is 4.07. The highest BCUT2D eigenvalue weighted by Gasteiger charge is 1.99. The molecule has 0 rings (SSSR count). The van der Waals surface area contributed by atoms with E-state index in [0.29, 0.717) is 0 Å². The molecule has 2 nitrogen and oxygen atoms in total. The third kappa shape index (κ3) is 8.02. The Balaban J connectivity index is 3.08. The van der Waals surface area contributed by atoms with E-state index < -0.39 is 0 Å². The number of nitrogens with one attached hydrogen (secondary N) is 1. The molecule has 74 valence electrons. The zero-order valence-corrected chi connectivity index (χ0v) is 8.77. The topological polar surface area (TPSA) is 38.0 Å². The normalized spacial score (nSPS) is 13.8. The molecule has 2 heteroatoms. The highest BCUT2D eigenvalue weighted by atomic mass is 14.9. The van der Waals surface area contributed by atoms with Crippen LogP contribution in [0, 0.1) is 11.8 Å². The Bertz CT molecular complexity index is 91.8. The van der Waals surface area contributed by atoms with E-state index in [0.717, 1.165) is 37.9 Å². The zero-order chi connectivity index (χ0) is 9.40. The Hall–Kier alpha value is -0.0800. The number of hydrogen-bond acceptors (Lipinski definition) is 2. The van der Waals surface area contributed by atoms with E-state index in [4.69, 9.17) is 5.73 Å². The Labute approximate surface area is 76.9 Å². The van der Waals surface area contributed by atoms with E-state index in [-0.39, 0.29) is 0 Å². The summed E-state index contributed by atoms with van der Waals surface area (Å²) in [6.07, 6.45) is 2.41. The highest BCUT2D eigenvalue weighted by molar-refractivity contribution is 4.58. The molecule has 1 unspecified atom stereocenters. The summed E-state index contributed by atoms with van der Waals surface area (Å²) in [6, 6.07) is 0. The van der Waals surface area contributed by atoms with Crippen LogP contribution in [0.25, 0.3) is 0 Å². The van der Waals surface area contributed by atoms with Crippen LogP contribution in [-0.2, 0) is 0 Å². The summed E-state index contributed by atoms with van der Waals surface area (Å²) in [5.41, 5.74) is 5.45. The first kappa shape index (κ1) is 11.9. The smallest absolute Gasteiger partial charge is 0.00227 e. The molecule has 0 saturated heterocycles. The van der Waals surface area contributed by atoms with Gasteiger partial charge in [-0.15, -0.1) is 0 Å². The lowest BCUT2D eigenvalue weighted by molar-refractivity contribution is 0.462. The van der Waals surface area contributed by atoms with Crippen molar-refractivity contribution in [2.24, 2.45) is 17.6 Å². The minimum absolute atomic E-state index is 0.724. The second kappa shape index (κ2) is 7.56. The van der Waals surface area contributed by atoms with Crippen LogP contribution in [0.1, 0.15) is 33.6 Å². The molecule has 0 fully saturated rings. The summed E-state index contributed by atoms with van der Waals surface area (Å²) in [4.78, 5) is 0. The minimum atomic E-state index is 0.724. The van der Waals surface area contributed by atoms with Gasteiger partial charge in [-0.25, -0.2) is 0 Å². The number of rotatable bonds is 7. The van der Waals surface area contributed by atoms with Crippen molar-refractivity contribution >= 4 is 0 Å². The van der Waals surface area contributed by atoms with E-state index >= 15 is 0 Å². The molecule has 0 aromatic rings. The fourth-order valence-electron chi connectivity index (χ4n) is 1.13. The Kier molecular flexibility index (Phi) is 7.51. The van der Waals surface area contributed by atoms with Crippen molar-refractivity contribution in [3.63, 3.8) is 0 Å². The first-order valence-electron chi connectivity index (χ1n) is 5.07. The number of hydrogen-bond donors (Lipinski definition) is 2. The molecular formula is C10H24N2. The molecule has 0 amide bonds. The Morgan fingerprint density at radius 2 is 1.83 bits per heavy atom. The molecule has 0 saturated carbocycles. The molecule has 0 aliphatic rings. The van der Waals surface area contributed by atoms with Crippen molar-refractivity contribution in [2.75, 3.05) is 19.6 Å². The first-order valence-corrected chi connectivity index (χ1v) is 5.07. The predicted molar refractivity (Wildman–Crippen MR) is 55.2 cm³/mol. The van der Waals surface area contributed by atoms with Gasteiger partial charge in [0.2, 0.25) is 0 Å². The Morgan fingerprint density at radius 1 is 1.17 bits per heavy atom. The highest BCUT2D eigenvalue weighted by Crippen LogP contribution is 1.99. The molecule has 0 aromatic heterocycles. The maximum atomic E-state index is 5.45. The van der Waals surface area contributed by atoms with Gasteiger partial charge in [-0.2, -0.15) is 0 Å². The molecular weight excluding hydrogens is 148 g/mol. The van der Waals surface area contributed by atoms with Gasteiger partial charge in [-0.1, -0.05) is 20.8 Å². The van der Waals surface area contributed by atoms with Gasteiger partial charge in [0.15, 0.2) is 0 Å². The molecule has 12 heavy (non-hydrogen) atoms. The predicted octanol–water partition coefficient (Wildman–Crippen LogP) is 1.61. The fraction of sp³-hybridized carbons (Fsp3) is 1.00. The van der Waals surface area contributed by atoms with Crippen LogP contribution in [0.4, 0.5) is 0 Å². The van der Waals surface area contributed by atoms with Gasteiger partial charge in [0.1, 0.15) is 0 Å². The van der Waals surface area contributed by atoms with Crippen molar-refractivity contribution in [3.8, 4) is 0 Å². The lowest BCUT2D eigenvalue weighted by Crippen LogP contribution is -2.24. The summed E-state index contributed by atoms with van der Waals surface area (Å²) in [7, 11) is 0. The van der Waals surface area contributed by atoms with Gasteiger partial charge in [0.25, 0.3) is 0 Å². The minimum Gasteiger partial charge on any atom is -0.330 e. The maximum absolute atomic E-state index is 5.45. The van der Waals surface area contributed by atoms with Crippen molar-refractivity contribution in [1.29, 1.82) is 0 Å². The standard InChI is InChI=1S/C10H24N2/c1-9(2)5-7-12-8-10(3)4-6-11/h9-10,12H,4-8,11H2,1-3H3. The molecule has 1 atom stereocenters. The monoisotopic (exact) mass is 172 g/mol. The SMILES string of the molecule is CC(C)CCNCC(C)CCN. The van der Waals surface area contributed by atoms with Crippen molar-refractivity contribution in [2.45, 2.75) is 33.6 Å². The maximum Gasteiger partial charge on any atom is -0.00227 e. The summed E-state index contributed by atoms with van der Waals surface area (Å²) in [5, 5.41) is 3.45. The van der Waals surface area contributed by atoms with E-state index in [1.807, 2.05) is 0 Å². The van der Waals surface area contributed by atoms with Crippen LogP contribution in [0.3, 0.4) is 0 Å². The van der Waals surface area contributed by atoms with Crippen LogP contribution in [0.5, 0.6) is 0 Å². The summed E-state index contributed by atoms with van der Waals surface area (Å²) < 4.78 is 0. The molecule has 0 aromatic carbocycles. The largest absolute Gasteiger partial charge is 0.330 e. The van der Waals surface area contributed by atoms with Gasteiger partial charge < -0.3 is 11.1 Å². The van der Waals surface area contributed by atoms with E-state index in [9.17, 15) is 0 Å². The zero-order valence-electron chi connectivity index (χ0n) is 8.77. The van der Waals surface area contributed by atoms with Gasteiger partial charge in [0.05, 0.1) is 0 Å². The third-order valence-electron chi connectivity index (χ3n) is 2.05. The van der Waals surface area contributed by atoms with Gasteiger partial charge in [-0.05, 0) is 44.3 Å². The summed E-state index contributed by atoms with van der Waals surface area (Å²) in [6.45, 7) is 9.83. The van der Waals surface area contributed by atoms with E-state index in [2.05, 4.69) is 26.1 Å². The van der Waals surface area contributed by atoms with Crippen LogP contribution < -0.4 is 11.1 Å². The fourth-order valence-corrected chi connectivity index (χ4v) is 1.13. The summed E-state index contributed by atoms with van der Waals surface area (Å²) in [5.74, 6) is 1.53. The van der Waals surface area contributed by atoms with Crippen molar-refractivity contribution < 1.29 is 0 Å². The lowest BCUT2D eigenvalue weighted by Gasteiger charge is -2.11. The quantitative estimate of drug-likeness (QED) is 0.573. The first-order chi connectivity index (χ1) is 5.66. The molecule has 0 bridgehead atoms. The molecule has 0 aliphatic heterocycles. The molecule has 0 aliphatic carbocycles. The third-order valence-corrected chi connectivity index (χ3v) is 2.05. The molecule has 3 N–H and O–H groups in total. The van der Waals surface area contributed by atoms with E-state index in [1.54, 1.807) is 0 Å². The molecule has 0 spiro atoms. The van der Waals surface area contributed by atoms with Crippen LogP contribution in [-0.4, -0.2) is 19.6 Å². The van der Waals surface area contributed by atoms with Crippen molar-refractivity contribution in [1.82, 2.24) is 5.32 Å². The molecule has 0 radical (unpaired) electrons. The van der Waals surface area contributed by atoms with Gasteiger partial charge in [0, 0.05) is 0 Å². The van der Waals surface area contributed by atoms with Crippen LogP contribution in [0.2, 0.25) is 0 Å². The van der Waals surface area contributed by atoms with Gasteiger partial charge in [-0.3, -0.25) is 0 Å². The average molecular weight is 172 g/mol. The average Bonchev–Trinajstić information content (AvgIpc) is 1.98. The second-order valence-electron chi connectivity index (χ2n) is 4.07. The number of nitrogens with two attached hydrogens (primary N) is 1. The van der Waals surface area contributed by atoms with Crippen LogP contribution in [0.15, 0.2) is 0 Å². The van der Waals surface area contributed by atoms with Crippen molar-refractivity contribution in [3.05, 3.63) is 0 Å². The summed E-state index contributed by atoms with van der Waals surface area (Å²) >= 11 is 0. The lowest BCUT2D eigenvalue weighted by atomic mass is 10.1. The van der Waals surface area contributed by atoms with E-state index in [1.165, 1.54) is 6.42 Å².